The van der Waals surface area contributed by atoms with Gasteiger partial charge in [0.05, 0.1) is 6.54 Å². The Balaban J connectivity index is 1.28. The van der Waals surface area contributed by atoms with Gasteiger partial charge in [0.2, 0.25) is 11.9 Å². The third-order valence-corrected chi connectivity index (χ3v) is 7.65. The van der Waals surface area contributed by atoms with E-state index in [1.807, 2.05) is 23.1 Å². The lowest BCUT2D eigenvalue weighted by molar-refractivity contribution is -0.130. The second kappa shape index (κ2) is 10.3. The molecule has 0 spiro atoms. The summed E-state index contributed by atoms with van der Waals surface area (Å²) in [5.41, 5.74) is 1.07. The van der Waals surface area contributed by atoms with E-state index in [1.54, 1.807) is 37.0 Å². The van der Waals surface area contributed by atoms with Crippen molar-refractivity contribution < 1.29 is 4.79 Å². The van der Waals surface area contributed by atoms with Crippen molar-refractivity contribution in [1.29, 1.82) is 0 Å². The first-order valence-corrected chi connectivity index (χ1v) is 13.5. The van der Waals surface area contributed by atoms with Crippen LogP contribution in [-0.2, 0) is 31.9 Å². The fraction of sp³-hybridized carbons (Fsp3) is 0.333. The summed E-state index contributed by atoms with van der Waals surface area (Å²) in [6.45, 7) is 1.68. The second-order valence-electron chi connectivity index (χ2n) is 9.97. The van der Waals surface area contributed by atoms with Crippen LogP contribution >= 0.6 is 11.6 Å². The van der Waals surface area contributed by atoms with Gasteiger partial charge < -0.3 is 19.8 Å². The number of rotatable bonds is 7. The first kappa shape index (κ1) is 25.8. The third kappa shape index (κ3) is 4.64. The van der Waals surface area contributed by atoms with Crippen molar-refractivity contribution in [2.45, 2.75) is 32.2 Å². The van der Waals surface area contributed by atoms with Crippen LogP contribution < -0.4 is 16.6 Å². The SMILES string of the molecule is Cn1c(Nc2ccnc(CCC(=O)N3CCCC3)n2)nc2c1c(=O)n(Cc1cc3c(Cl)cccc3[nH]1)c(=O)n2C. The van der Waals surface area contributed by atoms with Gasteiger partial charge in [0.15, 0.2) is 11.2 Å². The fourth-order valence-corrected chi connectivity index (χ4v) is 5.40. The van der Waals surface area contributed by atoms with E-state index in [0.29, 0.717) is 41.1 Å². The maximum Gasteiger partial charge on any atom is 0.332 e. The van der Waals surface area contributed by atoms with Crippen LogP contribution in [0.1, 0.15) is 30.8 Å². The monoisotopic (exact) mass is 561 g/mol. The minimum absolute atomic E-state index is 0.0474. The second-order valence-corrected chi connectivity index (χ2v) is 10.4. The highest BCUT2D eigenvalue weighted by atomic mass is 35.5. The highest BCUT2D eigenvalue weighted by molar-refractivity contribution is 6.35. The number of carbonyl (C=O) groups excluding carboxylic acids is 1. The number of fused-ring (bicyclic) bond motifs is 2. The molecule has 0 bridgehead atoms. The third-order valence-electron chi connectivity index (χ3n) is 7.32. The van der Waals surface area contributed by atoms with E-state index < -0.39 is 11.2 Å². The van der Waals surface area contributed by atoms with Gasteiger partial charge in [-0.2, -0.15) is 4.98 Å². The van der Waals surface area contributed by atoms with E-state index in [0.717, 1.165) is 36.8 Å². The molecule has 0 aliphatic carbocycles. The molecule has 1 amide bonds. The van der Waals surface area contributed by atoms with Gasteiger partial charge in [-0.1, -0.05) is 17.7 Å². The van der Waals surface area contributed by atoms with Crippen LogP contribution in [0.3, 0.4) is 0 Å². The van der Waals surface area contributed by atoms with Crippen molar-refractivity contribution in [2.24, 2.45) is 14.1 Å². The van der Waals surface area contributed by atoms with Crippen molar-refractivity contribution in [3.8, 4) is 0 Å². The Morgan fingerprint density at radius 1 is 1.10 bits per heavy atom. The molecule has 12 nitrogen and oxygen atoms in total. The zero-order valence-electron chi connectivity index (χ0n) is 22.1. The Labute approximate surface area is 233 Å². The highest BCUT2D eigenvalue weighted by Gasteiger charge is 2.21. The quantitative estimate of drug-likeness (QED) is 0.312. The molecule has 0 radical (unpaired) electrons. The average molecular weight is 562 g/mol. The van der Waals surface area contributed by atoms with Crippen LogP contribution in [0.15, 0.2) is 46.1 Å². The molecule has 13 heteroatoms. The van der Waals surface area contributed by atoms with Gasteiger partial charge in [-0.05, 0) is 37.1 Å². The molecule has 6 rings (SSSR count). The lowest BCUT2D eigenvalue weighted by Gasteiger charge is -2.14. The molecule has 0 atom stereocenters. The van der Waals surface area contributed by atoms with Crippen molar-refractivity contribution in [3.63, 3.8) is 0 Å². The Hall–Kier alpha value is -4.45. The fourth-order valence-electron chi connectivity index (χ4n) is 5.17. The molecular weight excluding hydrogens is 534 g/mol. The number of amides is 1. The summed E-state index contributed by atoms with van der Waals surface area (Å²) < 4.78 is 4.13. The lowest BCUT2D eigenvalue weighted by atomic mass is 10.2. The largest absolute Gasteiger partial charge is 0.357 e. The van der Waals surface area contributed by atoms with Gasteiger partial charge in [-0.3, -0.25) is 18.7 Å². The van der Waals surface area contributed by atoms with Crippen LogP contribution in [0.5, 0.6) is 0 Å². The summed E-state index contributed by atoms with van der Waals surface area (Å²) in [6.07, 6.45) is 4.48. The number of imidazole rings is 1. The molecular formula is C27H28ClN9O3. The molecule has 5 heterocycles. The van der Waals surface area contributed by atoms with Gasteiger partial charge in [-0.15, -0.1) is 0 Å². The number of hydrogen-bond acceptors (Lipinski definition) is 7. The average Bonchev–Trinajstić information content (AvgIpc) is 3.69. The Kier molecular flexibility index (Phi) is 6.62. The number of hydrogen-bond donors (Lipinski definition) is 2. The summed E-state index contributed by atoms with van der Waals surface area (Å²) in [7, 11) is 3.28. The van der Waals surface area contributed by atoms with E-state index in [4.69, 9.17) is 11.6 Å². The minimum Gasteiger partial charge on any atom is -0.357 e. The van der Waals surface area contributed by atoms with E-state index >= 15 is 0 Å². The van der Waals surface area contributed by atoms with Crippen LogP contribution in [0.4, 0.5) is 11.8 Å². The highest BCUT2D eigenvalue weighted by Crippen LogP contribution is 2.24. The lowest BCUT2D eigenvalue weighted by Crippen LogP contribution is -2.39. The number of nitrogens with zero attached hydrogens (tertiary/aromatic N) is 7. The number of benzene rings is 1. The molecule has 0 saturated carbocycles. The van der Waals surface area contributed by atoms with E-state index in [-0.39, 0.29) is 23.6 Å². The summed E-state index contributed by atoms with van der Waals surface area (Å²) in [6, 6.07) is 9.04. The predicted octanol–water partition coefficient (Wildman–Crippen LogP) is 2.71. The zero-order chi connectivity index (χ0) is 28.0. The molecule has 0 unspecified atom stereocenters. The smallest absolute Gasteiger partial charge is 0.332 e. The Morgan fingerprint density at radius 2 is 1.90 bits per heavy atom. The number of aromatic nitrogens is 7. The molecule has 1 aliphatic rings. The standard InChI is InChI=1S/C27H28ClN9O3/c1-34-23-24(33-26(34)32-21-10-11-29-20(31-21)8-9-22(38)36-12-3-4-13-36)35(2)27(40)37(25(23)39)15-16-14-17-18(28)6-5-7-19(17)30-16/h5-7,10-11,14,30H,3-4,8-9,12-13,15H2,1-2H3,(H,29,31,32,33). The number of H-pyrrole nitrogens is 1. The van der Waals surface area contributed by atoms with Crippen LogP contribution in [0, 0.1) is 0 Å². The van der Waals surface area contributed by atoms with Gasteiger partial charge in [-0.25, -0.2) is 14.8 Å². The summed E-state index contributed by atoms with van der Waals surface area (Å²) in [5, 5.41) is 4.54. The van der Waals surface area contributed by atoms with Gasteiger partial charge in [0.1, 0.15) is 11.6 Å². The summed E-state index contributed by atoms with van der Waals surface area (Å²) >= 11 is 6.30. The molecule has 1 aliphatic heterocycles. The summed E-state index contributed by atoms with van der Waals surface area (Å²) in [4.78, 5) is 57.6. The number of aromatic amines is 1. The molecule has 1 saturated heterocycles. The first-order chi connectivity index (χ1) is 19.3. The number of anilines is 2. The van der Waals surface area contributed by atoms with E-state index in [2.05, 4.69) is 25.3 Å². The molecule has 40 heavy (non-hydrogen) atoms. The topological polar surface area (TPSA) is 136 Å². The first-order valence-electron chi connectivity index (χ1n) is 13.1. The molecule has 4 aromatic heterocycles. The van der Waals surface area contributed by atoms with Crippen molar-refractivity contribution in [2.75, 3.05) is 18.4 Å². The maximum atomic E-state index is 13.5. The molecule has 206 valence electrons. The number of nitrogens with one attached hydrogen (secondary N) is 2. The Morgan fingerprint density at radius 3 is 2.67 bits per heavy atom. The molecule has 5 aromatic rings. The number of halogens is 1. The van der Waals surface area contributed by atoms with Gasteiger partial charge in [0, 0.05) is 67.8 Å². The minimum atomic E-state index is -0.487. The van der Waals surface area contributed by atoms with Crippen molar-refractivity contribution in [1.82, 2.24) is 38.5 Å². The molecule has 1 fully saturated rings. The number of carbonyl (C=O) groups is 1. The van der Waals surface area contributed by atoms with Crippen molar-refractivity contribution >= 4 is 51.3 Å². The van der Waals surface area contributed by atoms with Gasteiger partial charge >= 0.3 is 5.69 Å². The summed E-state index contributed by atoms with van der Waals surface area (Å²) in [5.74, 6) is 1.46. The number of aryl methyl sites for hydroxylation is 3. The number of likely N-dealkylation sites (tertiary alicyclic amines) is 1. The van der Waals surface area contributed by atoms with E-state index in [1.165, 1.54) is 9.13 Å². The van der Waals surface area contributed by atoms with Crippen LogP contribution in [0.2, 0.25) is 5.02 Å². The van der Waals surface area contributed by atoms with E-state index in [9.17, 15) is 14.4 Å². The molecule has 2 N–H and O–H groups in total. The normalized spacial score (nSPS) is 13.5. The van der Waals surface area contributed by atoms with Crippen molar-refractivity contribution in [3.05, 3.63) is 73.9 Å². The zero-order valence-corrected chi connectivity index (χ0v) is 22.9. The maximum absolute atomic E-state index is 13.5. The van der Waals surface area contributed by atoms with Crippen LogP contribution in [0.25, 0.3) is 22.1 Å². The Bertz CT molecular complexity index is 1880. The van der Waals surface area contributed by atoms with Gasteiger partial charge in [0.25, 0.3) is 5.56 Å². The van der Waals surface area contributed by atoms with Crippen LogP contribution in [-0.4, -0.2) is 57.5 Å². The molecule has 1 aromatic carbocycles. The predicted molar refractivity (Wildman–Crippen MR) is 152 cm³/mol.